The molecule has 0 radical (unpaired) electrons. The van der Waals surface area contributed by atoms with Crippen LogP contribution in [0.25, 0.3) is 0 Å². The molecule has 22 nitrogen and oxygen atoms in total. The van der Waals surface area contributed by atoms with E-state index in [9.17, 15) is 24.3 Å². The molecule has 0 bridgehead atoms. The second-order valence-corrected chi connectivity index (χ2v) is 22.6. The number of anilines is 2. The van der Waals surface area contributed by atoms with Crippen LogP contribution >= 0.6 is 22.6 Å². The Morgan fingerprint density at radius 1 is 0.747 bits per heavy atom. The summed E-state index contributed by atoms with van der Waals surface area (Å²) in [6.45, 7) is 16.7. The van der Waals surface area contributed by atoms with E-state index in [1.165, 1.54) is 29.7 Å². The molecule has 87 heavy (non-hydrogen) atoms. The van der Waals surface area contributed by atoms with Gasteiger partial charge in [-0.3, -0.25) is 19.4 Å². The van der Waals surface area contributed by atoms with Gasteiger partial charge in [0.1, 0.15) is 12.6 Å². The highest BCUT2D eigenvalue weighted by Crippen LogP contribution is 2.43. The summed E-state index contributed by atoms with van der Waals surface area (Å²) in [6.07, 6.45) is 13.5. The molecule has 5 N–H and O–H groups in total. The lowest BCUT2D eigenvalue weighted by atomic mass is 10.0. The summed E-state index contributed by atoms with van der Waals surface area (Å²) in [6, 6.07) is 11.5. The third-order valence-electron chi connectivity index (χ3n) is 14.7. The SMILES string of the molecule is C/C=C/C1=CN2Cc3cc(OC)c(OCCCOc4cc5c(cc4OC)C(=O)N4C=C(/C=C/C)C[C@H]4[C@H](O)N5C(=O)OCc4ccc(NC(=O)[C@H](C)NC(=O)[C@@H](NCCCOCCOCCOCCOCCNCCI)C(C)C)cc4)cc3N=C[C@@H]2C1. The molecular weight excluding hydrogens is 1230 g/mol. The largest absolute Gasteiger partial charge is 0.493 e. The first kappa shape index (κ1) is 67.9. The fourth-order valence-electron chi connectivity index (χ4n) is 10.2. The van der Waals surface area contributed by atoms with Gasteiger partial charge in [0.25, 0.3) is 5.91 Å². The second kappa shape index (κ2) is 35.4. The van der Waals surface area contributed by atoms with Gasteiger partial charge >= 0.3 is 6.09 Å². The fourth-order valence-corrected chi connectivity index (χ4v) is 10.6. The van der Waals surface area contributed by atoms with E-state index in [1.807, 2.05) is 64.3 Å². The van der Waals surface area contributed by atoms with Crippen LogP contribution in [0.4, 0.5) is 21.9 Å². The van der Waals surface area contributed by atoms with Gasteiger partial charge < -0.3 is 78.8 Å². The predicted octanol–water partition coefficient (Wildman–Crippen LogP) is 7.99. The van der Waals surface area contributed by atoms with Gasteiger partial charge in [0, 0.05) is 79.1 Å². The van der Waals surface area contributed by atoms with Gasteiger partial charge in [-0.15, -0.1) is 0 Å². The van der Waals surface area contributed by atoms with Crippen molar-refractivity contribution < 1.29 is 66.9 Å². The van der Waals surface area contributed by atoms with Crippen molar-refractivity contribution in [3.8, 4) is 23.0 Å². The maximum atomic E-state index is 14.4. The summed E-state index contributed by atoms with van der Waals surface area (Å²) in [5.41, 5.74) is 5.08. The van der Waals surface area contributed by atoms with Crippen LogP contribution in [-0.4, -0.2) is 180 Å². The van der Waals surface area contributed by atoms with E-state index in [4.69, 9.17) is 47.6 Å². The number of aliphatic hydroxyl groups excluding tert-OH is 1. The Labute approximate surface area is 525 Å². The lowest BCUT2D eigenvalue weighted by Crippen LogP contribution is -2.52. The van der Waals surface area contributed by atoms with Gasteiger partial charge in [0.2, 0.25) is 11.8 Å². The molecule has 0 saturated heterocycles. The molecule has 0 fully saturated rings. The van der Waals surface area contributed by atoms with E-state index in [-0.39, 0.29) is 66.9 Å². The molecule has 4 aliphatic rings. The summed E-state index contributed by atoms with van der Waals surface area (Å²) in [7, 11) is 3.06. The molecule has 474 valence electrons. The number of halogens is 1. The average molecular weight is 1320 g/mol. The molecule has 3 aromatic rings. The molecule has 5 atom stereocenters. The Bertz CT molecular complexity index is 2900. The van der Waals surface area contributed by atoms with Crippen LogP contribution in [0.2, 0.25) is 0 Å². The zero-order valence-corrected chi connectivity index (χ0v) is 53.3. The smallest absolute Gasteiger partial charge is 0.416 e. The molecule has 4 aliphatic heterocycles. The monoisotopic (exact) mass is 1320 g/mol. The number of nitrogens with zero attached hydrogens (tertiary/aromatic N) is 4. The van der Waals surface area contributed by atoms with Crippen molar-refractivity contribution in [2.24, 2.45) is 10.9 Å². The van der Waals surface area contributed by atoms with Crippen LogP contribution in [0, 0.1) is 5.92 Å². The number of ether oxygens (including phenoxy) is 9. The number of methoxy groups -OCH3 is 2. The van der Waals surface area contributed by atoms with Crippen molar-refractivity contribution in [2.45, 2.75) is 104 Å². The number of aliphatic hydroxyl groups is 1. The molecular formula is C64H87IN8O14. The Hall–Kier alpha value is -6.58. The average Bonchev–Trinajstić information content (AvgIpc) is 1.73. The highest BCUT2D eigenvalue weighted by molar-refractivity contribution is 14.1. The highest BCUT2D eigenvalue weighted by atomic mass is 127. The van der Waals surface area contributed by atoms with Crippen molar-refractivity contribution in [2.75, 3.05) is 115 Å². The highest BCUT2D eigenvalue weighted by Gasteiger charge is 2.45. The number of fused-ring (bicyclic) bond motifs is 4. The lowest BCUT2D eigenvalue weighted by molar-refractivity contribution is -0.128. The summed E-state index contributed by atoms with van der Waals surface area (Å²) in [5.74, 6) is 0.380. The van der Waals surface area contributed by atoms with E-state index in [0.29, 0.717) is 102 Å². The molecule has 0 unspecified atom stereocenters. The lowest BCUT2D eigenvalue weighted by Gasteiger charge is -2.31. The van der Waals surface area contributed by atoms with E-state index in [1.54, 1.807) is 44.5 Å². The van der Waals surface area contributed by atoms with Crippen molar-refractivity contribution >= 4 is 69.7 Å². The second-order valence-electron chi connectivity index (χ2n) is 21.5. The number of carbonyl (C=O) groups excluding carboxylic acids is 4. The number of alkyl halides is 1. The van der Waals surface area contributed by atoms with E-state index >= 15 is 0 Å². The summed E-state index contributed by atoms with van der Waals surface area (Å²) in [4.78, 5) is 65.1. The van der Waals surface area contributed by atoms with Crippen LogP contribution in [-0.2, 0) is 46.4 Å². The van der Waals surface area contributed by atoms with Crippen LogP contribution in [0.1, 0.15) is 81.8 Å². The van der Waals surface area contributed by atoms with Crippen LogP contribution < -0.4 is 45.1 Å². The number of hydrogen-bond donors (Lipinski definition) is 5. The minimum Gasteiger partial charge on any atom is -0.493 e. The minimum atomic E-state index is -1.53. The van der Waals surface area contributed by atoms with Gasteiger partial charge in [-0.2, -0.15) is 0 Å². The summed E-state index contributed by atoms with van der Waals surface area (Å²) >= 11 is 2.33. The van der Waals surface area contributed by atoms with Crippen molar-refractivity contribution in [1.29, 1.82) is 0 Å². The van der Waals surface area contributed by atoms with Gasteiger partial charge in [-0.1, -0.05) is 72.9 Å². The summed E-state index contributed by atoms with van der Waals surface area (Å²) in [5, 5.41) is 24.4. The molecule has 4 amide bonds. The first-order valence-corrected chi connectivity index (χ1v) is 31.4. The Balaban J connectivity index is 0.881. The number of amides is 4. The first-order chi connectivity index (χ1) is 42.3. The van der Waals surface area contributed by atoms with Crippen LogP contribution in [0.3, 0.4) is 0 Å². The Morgan fingerprint density at radius 3 is 2.05 bits per heavy atom. The molecule has 3 aromatic carbocycles. The molecule has 23 heteroatoms. The fraction of sp³-hybridized carbons (Fsp3) is 0.516. The quantitative estimate of drug-likeness (QED) is 0.0210. The van der Waals surface area contributed by atoms with Crippen molar-refractivity contribution in [3.05, 3.63) is 113 Å². The Kier molecular flexibility index (Phi) is 27.7. The molecule has 0 saturated carbocycles. The molecule has 0 aliphatic carbocycles. The topological polar surface area (TPSA) is 242 Å². The maximum Gasteiger partial charge on any atom is 0.416 e. The van der Waals surface area contributed by atoms with Crippen LogP contribution in [0.15, 0.2) is 101 Å². The number of allylic oxidation sites excluding steroid dienone is 4. The number of carbonyl (C=O) groups is 4. The number of hydrogen-bond acceptors (Lipinski definition) is 18. The standard InChI is InChI=1S/C64H87IN8O14/c1-8-12-46-32-50-38-68-52-36-57(55(79-6)34-48(52)41-71(50)39-46)85-23-11-24-86-58-37-53-51(35-56(58)80-7)62(76)72-40-47(13-9-2)33-54(72)63(77)73(53)64(78)87-42-45-14-16-49(17-15-45)70-60(74)44(5)69-61(75)59(43(3)4)67-19-10-22-81-26-28-83-30-31-84-29-27-82-25-21-66-20-18-65/h8-9,12-17,34-40,43-44,50,54,59,63,66-67,77H,10-11,18-33,41-42H2,1-7H3,(H,69,75)(H,70,74)/b12-8+,13-9+/t44-,50-,54-,59-,63-/m0/s1. The molecule has 7 rings (SSSR count). The van der Waals surface area contributed by atoms with Crippen molar-refractivity contribution in [1.82, 2.24) is 25.8 Å². The van der Waals surface area contributed by atoms with Gasteiger partial charge in [0.05, 0.1) is 109 Å². The third kappa shape index (κ3) is 19.7. The van der Waals surface area contributed by atoms with Crippen molar-refractivity contribution in [3.63, 3.8) is 0 Å². The number of rotatable bonds is 36. The van der Waals surface area contributed by atoms with E-state index < -0.39 is 42.3 Å². The molecule has 0 spiro atoms. The zero-order valence-electron chi connectivity index (χ0n) is 51.2. The van der Waals surface area contributed by atoms with Gasteiger partial charge in [-0.25, -0.2) is 9.69 Å². The molecule has 4 heterocycles. The number of nitrogens with one attached hydrogen (secondary N) is 4. The zero-order chi connectivity index (χ0) is 62.1. The Morgan fingerprint density at radius 2 is 1.39 bits per heavy atom. The van der Waals surface area contributed by atoms with E-state index in [2.05, 4.69) is 61.0 Å². The van der Waals surface area contributed by atoms with Gasteiger partial charge in [0.15, 0.2) is 29.2 Å². The minimum absolute atomic E-state index is 0.0522. The van der Waals surface area contributed by atoms with E-state index in [0.717, 1.165) is 45.7 Å². The summed E-state index contributed by atoms with van der Waals surface area (Å²) < 4.78 is 53.3. The number of benzene rings is 3. The third-order valence-corrected chi connectivity index (χ3v) is 15.3. The molecule has 0 aromatic heterocycles. The first-order valence-electron chi connectivity index (χ1n) is 29.9. The maximum absolute atomic E-state index is 14.4. The van der Waals surface area contributed by atoms with Gasteiger partial charge in [-0.05, 0) is 93.5 Å². The predicted molar refractivity (Wildman–Crippen MR) is 342 cm³/mol. The number of aliphatic imine (C=N–C) groups is 1. The normalized spacial score (nSPS) is 17.7. The van der Waals surface area contributed by atoms with Crippen LogP contribution in [0.5, 0.6) is 23.0 Å².